The quantitative estimate of drug-likeness (QED) is 0.919. The number of aromatic nitrogens is 2. The zero-order valence-electron chi connectivity index (χ0n) is 12.2. The normalized spacial score (nSPS) is 17.0. The molecule has 6 heteroatoms. The van der Waals surface area contributed by atoms with Gasteiger partial charge >= 0.3 is 0 Å². The van der Waals surface area contributed by atoms with E-state index in [1.807, 2.05) is 30.5 Å². The number of ether oxygens (including phenoxy) is 1. The Labute approximate surface area is 134 Å². The summed E-state index contributed by atoms with van der Waals surface area (Å²) in [6.45, 7) is 1.15. The van der Waals surface area contributed by atoms with Crippen molar-refractivity contribution in [2.24, 2.45) is 0 Å². The molecule has 0 saturated carbocycles. The summed E-state index contributed by atoms with van der Waals surface area (Å²) >= 11 is 6.04. The van der Waals surface area contributed by atoms with Crippen molar-refractivity contribution in [1.82, 2.24) is 14.9 Å². The Morgan fingerprint density at radius 3 is 3.18 bits per heavy atom. The predicted octanol–water partition coefficient (Wildman–Crippen LogP) is 2.18. The van der Waals surface area contributed by atoms with Gasteiger partial charge in [0.25, 0.3) is 0 Å². The number of carbonyl (C=O) groups excluding carboxylic acids is 1. The van der Waals surface area contributed by atoms with Crippen LogP contribution in [0.2, 0.25) is 5.02 Å². The number of rotatable bonds is 5. The second kappa shape index (κ2) is 6.94. The molecule has 2 aromatic rings. The summed E-state index contributed by atoms with van der Waals surface area (Å²) in [5.41, 5.74) is 0.887. The van der Waals surface area contributed by atoms with Crippen molar-refractivity contribution >= 4 is 17.5 Å². The molecule has 116 valence electrons. The highest BCUT2D eigenvalue weighted by molar-refractivity contribution is 6.31. The summed E-state index contributed by atoms with van der Waals surface area (Å²) in [6.07, 6.45) is 5.54. The average Bonchev–Trinajstić information content (AvgIpc) is 2.97. The molecule has 0 fully saturated rings. The van der Waals surface area contributed by atoms with Crippen LogP contribution < -0.4 is 5.32 Å². The van der Waals surface area contributed by atoms with Crippen molar-refractivity contribution in [3.63, 3.8) is 0 Å². The van der Waals surface area contributed by atoms with E-state index in [1.165, 1.54) is 0 Å². The first-order valence-corrected chi connectivity index (χ1v) is 7.70. The molecule has 0 aliphatic carbocycles. The SMILES string of the molecule is O=C(COCc1ccccc1Cl)N[C@@H]1CCc2nccn2C1. The number of halogens is 1. The molecule has 0 radical (unpaired) electrons. The molecule has 1 aromatic carbocycles. The predicted molar refractivity (Wildman–Crippen MR) is 83.6 cm³/mol. The Hall–Kier alpha value is -1.85. The van der Waals surface area contributed by atoms with Gasteiger partial charge in [0.2, 0.25) is 5.91 Å². The smallest absolute Gasteiger partial charge is 0.246 e. The highest BCUT2D eigenvalue weighted by Gasteiger charge is 2.20. The van der Waals surface area contributed by atoms with Crippen LogP contribution >= 0.6 is 11.6 Å². The summed E-state index contributed by atoms with van der Waals surface area (Å²) in [5, 5.41) is 3.66. The molecule has 0 unspecified atom stereocenters. The maximum atomic E-state index is 11.9. The van der Waals surface area contributed by atoms with Crippen LogP contribution in [0.5, 0.6) is 0 Å². The lowest BCUT2D eigenvalue weighted by molar-refractivity contribution is -0.127. The Balaban J connectivity index is 1.43. The first-order chi connectivity index (χ1) is 10.7. The Bertz CT molecular complexity index is 656. The van der Waals surface area contributed by atoms with Crippen LogP contribution in [0.4, 0.5) is 0 Å². The fourth-order valence-electron chi connectivity index (χ4n) is 2.62. The van der Waals surface area contributed by atoms with Gasteiger partial charge in [-0.05, 0) is 18.1 Å². The fourth-order valence-corrected chi connectivity index (χ4v) is 2.81. The summed E-state index contributed by atoms with van der Waals surface area (Å²) < 4.78 is 7.53. The topological polar surface area (TPSA) is 56.1 Å². The van der Waals surface area contributed by atoms with Gasteiger partial charge in [0.15, 0.2) is 0 Å². The van der Waals surface area contributed by atoms with Crippen LogP contribution in [0.1, 0.15) is 17.8 Å². The highest BCUT2D eigenvalue weighted by Crippen LogP contribution is 2.16. The van der Waals surface area contributed by atoms with Crippen molar-refractivity contribution < 1.29 is 9.53 Å². The van der Waals surface area contributed by atoms with Crippen LogP contribution in [0.25, 0.3) is 0 Å². The summed E-state index contributed by atoms with van der Waals surface area (Å²) in [5.74, 6) is 0.987. The van der Waals surface area contributed by atoms with E-state index >= 15 is 0 Å². The van der Waals surface area contributed by atoms with Gasteiger partial charge in [0.1, 0.15) is 12.4 Å². The second-order valence-electron chi connectivity index (χ2n) is 5.38. The summed E-state index contributed by atoms with van der Waals surface area (Å²) in [4.78, 5) is 16.2. The molecule has 1 aliphatic rings. The van der Waals surface area contributed by atoms with Crippen LogP contribution in [0, 0.1) is 0 Å². The first-order valence-electron chi connectivity index (χ1n) is 7.33. The maximum Gasteiger partial charge on any atom is 0.246 e. The average molecular weight is 320 g/mol. The van der Waals surface area contributed by atoms with E-state index in [0.29, 0.717) is 11.6 Å². The Morgan fingerprint density at radius 2 is 2.32 bits per heavy atom. The minimum absolute atomic E-state index is 0.0402. The number of hydrogen-bond acceptors (Lipinski definition) is 3. The molecule has 0 bridgehead atoms. The van der Waals surface area contributed by atoms with Crippen LogP contribution in [0.3, 0.4) is 0 Å². The third-order valence-corrected chi connectivity index (χ3v) is 4.12. The van der Waals surface area contributed by atoms with Gasteiger partial charge in [-0.25, -0.2) is 4.98 Å². The third-order valence-electron chi connectivity index (χ3n) is 3.75. The number of amides is 1. The molecule has 1 aliphatic heterocycles. The third kappa shape index (κ3) is 3.67. The second-order valence-corrected chi connectivity index (χ2v) is 5.79. The molecule has 22 heavy (non-hydrogen) atoms. The Morgan fingerprint density at radius 1 is 1.45 bits per heavy atom. The van der Waals surface area contributed by atoms with Gasteiger partial charge in [-0.15, -0.1) is 0 Å². The highest BCUT2D eigenvalue weighted by atomic mass is 35.5. The number of nitrogens with zero attached hydrogens (tertiary/aromatic N) is 2. The summed E-state index contributed by atoms with van der Waals surface area (Å²) in [6, 6.07) is 7.60. The molecule has 1 amide bonds. The summed E-state index contributed by atoms with van der Waals surface area (Å²) in [7, 11) is 0. The lowest BCUT2D eigenvalue weighted by Crippen LogP contribution is -2.42. The van der Waals surface area contributed by atoms with Crippen LogP contribution in [0.15, 0.2) is 36.7 Å². The van der Waals surface area contributed by atoms with Crippen molar-refractivity contribution in [1.29, 1.82) is 0 Å². The van der Waals surface area contributed by atoms with Crippen LogP contribution in [-0.4, -0.2) is 28.1 Å². The van der Waals surface area contributed by atoms with Gasteiger partial charge in [0.05, 0.1) is 6.61 Å². The lowest BCUT2D eigenvalue weighted by Gasteiger charge is -2.24. The van der Waals surface area contributed by atoms with Gasteiger partial charge in [-0.1, -0.05) is 29.8 Å². The van der Waals surface area contributed by atoms with E-state index in [2.05, 4.69) is 14.9 Å². The maximum absolute atomic E-state index is 11.9. The molecule has 5 nitrogen and oxygen atoms in total. The van der Waals surface area contributed by atoms with Crippen molar-refractivity contribution in [3.8, 4) is 0 Å². The monoisotopic (exact) mass is 319 g/mol. The van der Waals surface area contributed by atoms with Crippen molar-refractivity contribution in [2.45, 2.75) is 32.0 Å². The van der Waals surface area contributed by atoms with Crippen LogP contribution in [-0.2, 0) is 29.1 Å². The van der Waals surface area contributed by atoms with E-state index < -0.39 is 0 Å². The molecular formula is C16H18ClN3O2. The number of fused-ring (bicyclic) bond motifs is 1. The molecular weight excluding hydrogens is 302 g/mol. The van der Waals surface area contributed by atoms with E-state index in [0.717, 1.165) is 30.8 Å². The number of imidazole rings is 1. The molecule has 2 heterocycles. The van der Waals surface area contributed by atoms with E-state index in [9.17, 15) is 4.79 Å². The number of carbonyl (C=O) groups is 1. The zero-order valence-corrected chi connectivity index (χ0v) is 12.9. The molecule has 1 aromatic heterocycles. The molecule has 3 rings (SSSR count). The van der Waals surface area contributed by atoms with E-state index in [4.69, 9.17) is 16.3 Å². The lowest BCUT2D eigenvalue weighted by atomic mass is 10.1. The molecule has 0 saturated heterocycles. The van der Waals surface area contributed by atoms with Crippen molar-refractivity contribution in [3.05, 3.63) is 53.1 Å². The molecule has 1 N–H and O–H groups in total. The van der Waals surface area contributed by atoms with Gasteiger partial charge < -0.3 is 14.6 Å². The fraction of sp³-hybridized carbons (Fsp3) is 0.375. The number of aryl methyl sites for hydroxylation is 1. The van der Waals surface area contributed by atoms with E-state index in [-0.39, 0.29) is 18.6 Å². The molecule has 1 atom stereocenters. The first kappa shape index (κ1) is 15.1. The number of nitrogens with one attached hydrogen (secondary N) is 1. The minimum atomic E-state index is -0.0966. The number of hydrogen-bond donors (Lipinski definition) is 1. The van der Waals surface area contributed by atoms with Gasteiger partial charge in [-0.3, -0.25) is 4.79 Å². The van der Waals surface area contributed by atoms with Gasteiger partial charge in [-0.2, -0.15) is 0 Å². The molecule has 0 spiro atoms. The van der Waals surface area contributed by atoms with E-state index in [1.54, 1.807) is 6.20 Å². The van der Waals surface area contributed by atoms with Crippen molar-refractivity contribution in [2.75, 3.05) is 6.61 Å². The number of benzene rings is 1. The minimum Gasteiger partial charge on any atom is -0.367 e. The largest absolute Gasteiger partial charge is 0.367 e. The zero-order chi connectivity index (χ0) is 15.4. The van der Waals surface area contributed by atoms with Gasteiger partial charge in [0, 0.05) is 36.4 Å². The standard InChI is InChI=1S/C16H18ClN3O2/c17-14-4-2-1-3-12(14)10-22-11-16(21)19-13-5-6-15-18-7-8-20(15)9-13/h1-4,7-8,13H,5-6,9-11H2,(H,19,21)/t13-/m1/s1. The Kier molecular flexibility index (Phi) is 4.75.